The molecule has 1 N–H and O–H groups in total. The molecule has 1 saturated heterocycles. The summed E-state index contributed by atoms with van der Waals surface area (Å²) in [6, 6.07) is 4.39. The Hall–Kier alpha value is -2.95. The first kappa shape index (κ1) is 21.8. The number of hydrogen-bond acceptors (Lipinski definition) is 6. The van der Waals surface area contributed by atoms with Crippen molar-refractivity contribution in [1.82, 2.24) is 25.4 Å². The number of alkyl halides is 3. The van der Waals surface area contributed by atoms with Crippen LogP contribution in [0.15, 0.2) is 28.9 Å². The van der Waals surface area contributed by atoms with Crippen molar-refractivity contribution in [1.29, 1.82) is 0 Å². The number of carbonyl (C=O) groups is 2. The zero-order valence-corrected chi connectivity index (χ0v) is 16.6. The quantitative estimate of drug-likeness (QED) is 0.758. The maximum atomic E-state index is 13.3. The Morgan fingerprint density at radius 2 is 2.07 bits per heavy atom. The average molecular weight is 425 g/mol. The second kappa shape index (κ2) is 8.82. The van der Waals surface area contributed by atoms with Gasteiger partial charge in [0.1, 0.15) is 11.4 Å². The zero-order chi connectivity index (χ0) is 21.9. The molecule has 0 aliphatic carbocycles. The van der Waals surface area contributed by atoms with E-state index in [-0.39, 0.29) is 36.9 Å². The number of benzene rings is 1. The van der Waals surface area contributed by atoms with Crippen molar-refractivity contribution in [2.45, 2.75) is 38.7 Å². The van der Waals surface area contributed by atoms with Gasteiger partial charge in [-0.3, -0.25) is 14.5 Å². The van der Waals surface area contributed by atoms with Gasteiger partial charge in [-0.25, -0.2) is 4.63 Å². The number of halogens is 3. The highest BCUT2D eigenvalue weighted by Crippen LogP contribution is 2.32. The van der Waals surface area contributed by atoms with Crippen LogP contribution in [0.3, 0.4) is 0 Å². The van der Waals surface area contributed by atoms with E-state index in [1.165, 1.54) is 23.1 Å². The SMILES string of the molecule is Cc1nonc1CN(C)C(=O)CC1C(=O)NCCN1Cc1ccccc1C(F)(F)F. The van der Waals surface area contributed by atoms with Gasteiger partial charge in [-0.05, 0) is 18.6 Å². The third-order valence-electron chi connectivity index (χ3n) is 5.06. The number of nitrogens with one attached hydrogen (secondary N) is 1. The van der Waals surface area contributed by atoms with Crippen LogP contribution in [0.1, 0.15) is 28.9 Å². The van der Waals surface area contributed by atoms with Gasteiger partial charge in [-0.15, -0.1) is 0 Å². The molecule has 1 aliphatic rings. The van der Waals surface area contributed by atoms with Crippen molar-refractivity contribution in [3.8, 4) is 0 Å². The van der Waals surface area contributed by atoms with Crippen molar-refractivity contribution in [3.05, 3.63) is 46.8 Å². The van der Waals surface area contributed by atoms with Gasteiger partial charge >= 0.3 is 6.18 Å². The topological polar surface area (TPSA) is 91.6 Å². The highest BCUT2D eigenvalue weighted by molar-refractivity contribution is 5.88. The molecule has 30 heavy (non-hydrogen) atoms. The Labute approximate surface area is 171 Å². The summed E-state index contributed by atoms with van der Waals surface area (Å²) >= 11 is 0. The summed E-state index contributed by atoms with van der Waals surface area (Å²) in [7, 11) is 1.56. The molecule has 2 amide bonds. The van der Waals surface area contributed by atoms with Crippen molar-refractivity contribution in [2.75, 3.05) is 20.1 Å². The average Bonchev–Trinajstić information content (AvgIpc) is 3.08. The van der Waals surface area contributed by atoms with E-state index in [9.17, 15) is 22.8 Å². The van der Waals surface area contributed by atoms with Crippen molar-refractivity contribution in [2.24, 2.45) is 0 Å². The van der Waals surface area contributed by atoms with Crippen LogP contribution in [0.5, 0.6) is 0 Å². The van der Waals surface area contributed by atoms with E-state index in [0.717, 1.165) is 6.07 Å². The fourth-order valence-corrected chi connectivity index (χ4v) is 3.35. The van der Waals surface area contributed by atoms with Crippen molar-refractivity contribution >= 4 is 11.8 Å². The Bertz CT molecular complexity index is 915. The lowest BCUT2D eigenvalue weighted by molar-refractivity contribution is -0.140. The number of rotatable bonds is 6. The van der Waals surface area contributed by atoms with Gasteiger partial charge < -0.3 is 10.2 Å². The number of nitrogens with zero attached hydrogens (tertiary/aromatic N) is 4. The van der Waals surface area contributed by atoms with Crippen LogP contribution < -0.4 is 5.32 Å². The minimum atomic E-state index is -4.50. The Morgan fingerprint density at radius 3 is 2.73 bits per heavy atom. The molecule has 11 heteroatoms. The largest absolute Gasteiger partial charge is 0.416 e. The predicted octanol–water partition coefficient (Wildman–Crippen LogP) is 1.75. The molecule has 2 heterocycles. The summed E-state index contributed by atoms with van der Waals surface area (Å²) in [6.45, 7) is 2.40. The number of piperazine rings is 1. The summed E-state index contributed by atoms with van der Waals surface area (Å²) < 4.78 is 44.6. The summed E-state index contributed by atoms with van der Waals surface area (Å²) in [5.41, 5.74) is 0.368. The van der Waals surface area contributed by atoms with Crippen molar-refractivity contribution < 1.29 is 27.4 Å². The van der Waals surface area contributed by atoms with Crippen LogP contribution in [0.25, 0.3) is 0 Å². The van der Waals surface area contributed by atoms with Gasteiger partial charge in [0, 0.05) is 26.7 Å². The minimum absolute atomic E-state index is 0.0646. The van der Waals surface area contributed by atoms with E-state index in [1.807, 2.05) is 0 Å². The van der Waals surface area contributed by atoms with E-state index in [4.69, 9.17) is 0 Å². The zero-order valence-electron chi connectivity index (χ0n) is 16.6. The number of amides is 2. The molecule has 1 aromatic carbocycles. The lowest BCUT2D eigenvalue weighted by Gasteiger charge is -2.35. The second-order valence-corrected chi connectivity index (χ2v) is 7.18. The van der Waals surface area contributed by atoms with Crippen LogP contribution in [0, 0.1) is 6.92 Å². The van der Waals surface area contributed by atoms with Gasteiger partial charge in [-0.2, -0.15) is 13.2 Å². The van der Waals surface area contributed by atoms with Crippen LogP contribution >= 0.6 is 0 Å². The third-order valence-corrected chi connectivity index (χ3v) is 5.06. The van der Waals surface area contributed by atoms with E-state index < -0.39 is 17.8 Å². The Kier molecular flexibility index (Phi) is 6.40. The molecule has 0 saturated carbocycles. The van der Waals surface area contributed by atoms with Crippen LogP contribution in [-0.2, 0) is 28.9 Å². The molecule has 0 radical (unpaired) electrons. The van der Waals surface area contributed by atoms with Gasteiger partial charge in [0.15, 0.2) is 0 Å². The first-order valence-corrected chi connectivity index (χ1v) is 9.35. The van der Waals surface area contributed by atoms with Crippen LogP contribution in [0.4, 0.5) is 13.2 Å². The van der Waals surface area contributed by atoms with Crippen molar-refractivity contribution in [3.63, 3.8) is 0 Å². The van der Waals surface area contributed by atoms with Gasteiger partial charge in [0.25, 0.3) is 0 Å². The fraction of sp³-hybridized carbons (Fsp3) is 0.474. The van der Waals surface area contributed by atoms with Crippen LogP contribution in [-0.4, -0.2) is 58.1 Å². The van der Waals surface area contributed by atoms with E-state index in [2.05, 4.69) is 20.3 Å². The fourth-order valence-electron chi connectivity index (χ4n) is 3.35. The first-order chi connectivity index (χ1) is 14.2. The van der Waals surface area contributed by atoms with Crippen LogP contribution in [0.2, 0.25) is 0 Å². The number of hydrogen-bond donors (Lipinski definition) is 1. The number of carbonyl (C=O) groups excluding carboxylic acids is 2. The predicted molar refractivity (Wildman–Crippen MR) is 98.8 cm³/mol. The summed E-state index contributed by atoms with van der Waals surface area (Å²) in [4.78, 5) is 28.1. The highest BCUT2D eigenvalue weighted by atomic mass is 19.4. The summed E-state index contributed by atoms with van der Waals surface area (Å²) in [5.74, 6) is -0.722. The number of aromatic nitrogens is 2. The molecule has 8 nitrogen and oxygen atoms in total. The number of aryl methyl sites for hydroxylation is 1. The molecule has 2 aromatic rings. The molecule has 0 bridgehead atoms. The Morgan fingerprint density at radius 1 is 1.33 bits per heavy atom. The van der Waals surface area contributed by atoms with Gasteiger partial charge in [0.05, 0.1) is 24.6 Å². The smallest absolute Gasteiger partial charge is 0.353 e. The van der Waals surface area contributed by atoms with Gasteiger partial charge in [-0.1, -0.05) is 28.5 Å². The molecule has 3 rings (SSSR count). The maximum absolute atomic E-state index is 13.3. The first-order valence-electron chi connectivity index (χ1n) is 9.35. The minimum Gasteiger partial charge on any atom is -0.353 e. The van der Waals surface area contributed by atoms with E-state index in [1.54, 1.807) is 18.9 Å². The standard InChI is InChI=1S/C19H22F3N5O3/c1-12-15(25-30-24-12)11-26(2)17(28)9-16-18(29)23-7-8-27(16)10-13-5-3-4-6-14(13)19(20,21)22/h3-6,16H,7-11H2,1-2H3,(H,23,29). The summed E-state index contributed by atoms with van der Waals surface area (Å²) in [5, 5.41) is 10.1. The van der Waals surface area contributed by atoms with Gasteiger partial charge in [0.2, 0.25) is 11.8 Å². The lowest BCUT2D eigenvalue weighted by Crippen LogP contribution is -2.56. The monoisotopic (exact) mass is 425 g/mol. The molecule has 162 valence electrons. The Balaban J connectivity index is 1.73. The third kappa shape index (κ3) is 4.96. The van der Waals surface area contributed by atoms with E-state index >= 15 is 0 Å². The second-order valence-electron chi connectivity index (χ2n) is 7.18. The molecule has 1 aromatic heterocycles. The molecule has 0 spiro atoms. The summed E-state index contributed by atoms with van der Waals surface area (Å²) in [6.07, 6.45) is -4.66. The molecule has 1 aliphatic heterocycles. The molecule has 1 fully saturated rings. The van der Waals surface area contributed by atoms with E-state index in [0.29, 0.717) is 24.5 Å². The molecular weight excluding hydrogens is 403 g/mol. The molecular formula is C19H22F3N5O3. The highest BCUT2D eigenvalue weighted by Gasteiger charge is 2.36. The lowest BCUT2D eigenvalue weighted by atomic mass is 10.0. The normalized spacial score (nSPS) is 17.6. The molecule has 1 atom stereocenters. The molecule has 1 unspecified atom stereocenters. The maximum Gasteiger partial charge on any atom is 0.416 e.